The second-order valence-corrected chi connectivity index (χ2v) is 7.35. The molecule has 0 bridgehead atoms. The summed E-state index contributed by atoms with van der Waals surface area (Å²) in [6.45, 7) is 2.01. The van der Waals surface area contributed by atoms with Crippen LogP contribution >= 0.6 is 0 Å². The standard InChI is InChI=1S/C19H39NO4/c1-2-3-4-5-6-7-8-9-10-11-12-13-16(22)17-19(24)18(23)15(14-21)20-17/h15-24H,2-14H2,1H3/t15-,16+,17-,18-,19-/m0/s1. The van der Waals surface area contributed by atoms with Crippen molar-refractivity contribution in [3.63, 3.8) is 0 Å². The predicted octanol–water partition coefficient (Wildman–Crippen LogP) is 2.10. The van der Waals surface area contributed by atoms with E-state index in [0.29, 0.717) is 6.42 Å². The fourth-order valence-corrected chi connectivity index (χ4v) is 3.59. The summed E-state index contributed by atoms with van der Waals surface area (Å²) in [4.78, 5) is 0. The molecule has 1 aliphatic heterocycles. The monoisotopic (exact) mass is 345 g/mol. The summed E-state index contributed by atoms with van der Waals surface area (Å²) in [5.74, 6) is 0. The Labute approximate surface area is 147 Å². The topological polar surface area (TPSA) is 93.0 Å². The average Bonchev–Trinajstić information content (AvgIpc) is 2.87. The van der Waals surface area contributed by atoms with E-state index in [1.807, 2.05) is 0 Å². The Bertz CT molecular complexity index is 303. The number of nitrogens with one attached hydrogen (secondary N) is 1. The third-order valence-electron chi connectivity index (χ3n) is 5.25. The number of hydrogen-bond acceptors (Lipinski definition) is 5. The van der Waals surface area contributed by atoms with Crippen LogP contribution in [-0.2, 0) is 0 Å². The van der Waals surface area contributed by atoms with Crippen molar-refractivity contribution < 1.29 is 20.4 Å². The van der Waals surface area contributed by atoms with Gasteiger partial charge in [-0.15, -0.1) is 0 Å². The molecule has 0 radical (unpaired) electrons. The van der Waals surface area contributed by atoms with E-state index in [9.17, 15) is 15.3 Å². The van der Waals surface area contributed by atoms with Gasteiger partial charge in [-0.05, 0) is 6.42 Å². The summed E-state index contributed by atoms with van der Waals surface area (Å²) in [5.41, 5.74) is 0. The molecule has 0 aliphatic carbocycles. The van der Waals surface area contributed by atoms with Crippen molar-refractivity contribution in [3.05, 3.63) is 0 Å². The van der Waals surface area contributed by atoms with Gasteiger partial charge in [-0.25, -0.2) is 0 Å². The highest BCUT2D eigenvalue weighted by Crippen LogP contribution is 2.20. The normalized spacial score (nSPS) is 28.4. The molecule has 5 atom stereocenters. The largest absolute Gasteiger partial charge is 0.395 e. The van der Waals surface area contributed by atoms with E-state index in [-0.39, 0.29) is 6.61 Å². The maximum absolute atomic E-state index is 10.2. The number of aliphatic hydroxyl groups excluding tert-OH is 4. The molecule has 0 aromatic rings. The molecular weight excluding hydrogens is 306 g/mol. The van der Waals surface area contributed by atoms with Gasteiger partial charge in [0.25, 0.3) is 0 Å². The Morgan fingerprint density at radius 2 is 1.29 bits per heavy atom. The minimum atomic E-state index is -1.01. The summed E-state index contributed by atoms with van der Waals surface area (Å²) < 4.78 is 0. The van der Waals surface area contributed by atoms with Crippen LogP contribution in [-0.4, -0.2) is 57.4 Å². The van der Waals surface area contributed by atoms with Crippen molar-refractivity contribution >= 4 is 0 Å². The molecule has 1 saturated heterocycles. The Kier molecular flexibility index (Phi) is 11.9. The van der Waals surface area contributed by atoms with E-state index >= 15 is 0 Å². The molecule has 0 aromatic carbocycles. The first kappa shape index (κ1) is 21.8. The van der Waals surface area contributed by atoms with Crippen LogP contribution in [0.1, 0.15) is 84.0 Å². The fourth-order valence-electron chi connectivity index (χ4n) is 3.59. The number of aliphatic hydroxyl groups is 4. The molecule has 1 fully saturated rings. The lowest BCUT2D eigenvalue weighted by molar-refractivity contribution is -0.00443. The summed E-state index contributed by atoms with van der Waals surface area (Å²) >= 11 is 0. The minimum absolute atomic E-state index is 0.236. The predicted molar refractivity (Wildman–Crippen MR) is 96.9 cm³/mol. The van der Waals surface area contributed by atoms with Crippen LogP contribution in [0.4, 0.5) is 0 Å². The lowest BCUT2D eigenvalue weighted by atomic mass is 9.98. The highest BCUT2D eigenvalue weighted by Gasteiger charge is 2.43. The van der Waals surface area contributed by atoms with Crippen LogP contribution in [0.5, 0.6) is 0 Å². The van der Waals surface area contributed by atoms with E-state index in [4.69, 9.17) is 5.11 Å². The Hall–Kier alpha value is -0.200. The molecule has 144 valence electrons. The third kappa shape index (κ3) is 7.79. The fraction of sp³-hybridized carbons (Fsp3) is 1.00. The Morgan fingerprint density at radius 3 is 1.75 bits per heavy atom. The first-order chi connectivity index (χ1) is 11.6. The lowest BCUT2D eigenvalue weighted by Crippen LogP contribution is -2.44. The van der Waals surface area contributed by atoms with Gasteiger partial charge in [0.15, 0.2) is 0 Å². The van der Waals surface area contributed by atoms with Crippen LogP contribution in [0.15, 0.2) is 0 Å². The molecule has 1 aliphatic rings. The number of hydrogen-bond donors (Lipinski definition) is 5. The first-order valence-corrected chi connectivity index (χ1v) is 10.0. The minimum Gasteiger partial charge on any atom is -0.395 e. The van der Waals surface area contributed by atoms with Crippen molar-refractivity contribution in [3.8, 4) is 0 Å². The van der Waals surface area contributed by atoms with Crippen molar-refractivity contribution in [2.24, 2.45) is 0 Å². The zero-order chi connectivity index (χ0) is 17.8. The van der Waals surface area contributed by atoms with Crippen LogP contribution < -0.4 is 5.32 Å². The van der Waals surface area contributed by atoms with Crippen molar-refractivity contribution in [1.29, 1.82) is 0 Å². The molecule has 1 heterocycles. The molecule has 0 saturated carbocycles. The third-order valence-corrected chi connectivity index (χ3v) is 5.25. The maximum Gasteiger partial charge on any atom is 0.0993 e. The molecule has 24 heavy (non-hydrogen) atoms. The highest BCUT2D eigenvalue weighted by molar-refractivity contribution is 5.00. The van der Waals surface area contributed by atoms with Crippen molar-refractivity contribution in [2.75, 3.05) is 6.61 Å². The van der Waals surface area contributed by atoms with Gasteiger partial charge in [0.1, 0.15) is 0 Å². The summed E-state index contributed by atoms with van der Waals surface area (Å²) in [6, 6.07) is -1.09. The Balaban J connectivity index is 1.97. The van der Waals surface area contributed by atoms with Crippen LogP contribution in [0, 0.1) is 0 Å². The van der Waals surface area contributed by atoms with Gasteiger partial charge in [0.2, 0.25) is 0 Å². The van der Waals surface area contributed by atoms with Gasteiger partial charge in [0, 0.05) is 0 Å². The van der Waals surface area contributed by atoms with E-state index in [1.165, 1.54) is 57.8 Å². The molecule has 0 spiro atoms. The lowest BCUT2D eigenvalue weighted by Gasteiger charge is -2.22. The SMILES string of the molecule is CCCCCCCCCCCCC[C@@H](O)[C@@H]1N[C@@H](CO)[C@H](O)[C@H]1O. The number of unbranched alkanes of at least 4 members (excludes halogenated alkanes) is 10. The van der Waals surface area contributed by atoms with Gasteiger partial charge >= 0.3 is 0 Å². The molecule has 1 rings (SSSR count). The van der Waals surface area contributed by atoms with Gasteiger partial charge in [-0.1, -0.05) is 77.6 Å². The molecule has 5 N–H and O–H groups in total. The van der Waals surface area contributed by atoms with Gasteiger partial charge in [0.05, 0.1) is 37.0 Å². The second-order valence-electron chi connectivity index (χ2n) is 7.35. The molecule has 5 heteroatoms. The van der Waals surface area contributed by atoms with Crippen molar-refractivity contribution in [1.82, 2.24) is 5.32 Å². The van der Waals surface area contributed by atoms with Crippen molar-refractivity contribution in [2.45, 2.75) is 114 Å². The van der Waals surface area contributed by atoms with E-state index in [1.54, 1.807) is 0 Å². The quantitative estimate of drug-likeness (QED) is 0.311. The maximum atomic E-state index is 10.2. The van der Waals surface area contributed by atoms with E-state index in [2.05, 4.69) is 12.2 Å². The highest BCUT2D eigenvalue weighted by atomic mass is 16.3. The Morgan fingerprint density at radius 1 is 0.792 bits per heavy atom. The molecule has 0 aromatic heterocycles. The summed E-state index contributed by atoms with van der Waals surface area (Å²) in [6.07, 6.45) is 11.8. The van der Waals surface area contributed by atoms with Crippen LogP contribution in [0.2, 0.25) is 0 Å². The molecule has 0 amide bonds. The smallest absolute Gasteiger partial charge is 0.0993 e. The molecule has 5 nitrogen and oxygen atoms in total. The van der Waals surface area contributed by atoms with E-state index in [0.717, 1.165) is 12.8 Å². The van der Waals surface area contributed by atoms with Gasteiger partial charge in [-0.2, -0.15) is 0 Å². The van der Waals surface area contributed by atoms with Crippen LogP contribution in [0.25, 0.3) is 0 Å². The molecular formula is C19H39NO4. The van der Waals surface area contributed by atoms with Gasteiger partial charge < -0.3 is 25.7 Å². The van der Waals surface area contributed by atoms with Gasteiger partial charge in [-0.3, -0.25) is 0 Å². The zero-order valence-electron chi connectivity index (χ0n) is 15.4. The van der Waals surface area contributed by atoms with E-state index < -0.39 is 30.4 Å². The second kappa shape index (κ2) is 13.1. The summed E-state index contributed by atoms with van der Waals surface area (Å²) in [5, 5.41) is 41.9. The summed E-state index contributed by atoms with van der Waals surface area (Å²) in [7, 11) is 0. The number of rotatable bonds is 14. The molecule has 0 unspecified atom stereocenters. The first-order valence-electron chi connectivity index (χ1n) is 10.0. The zero-order valence-corrected chi connectivity index (χ0v) is 15.4. The average molecular weight is 346 g/mol. The van der Waals surface area contributed by atoms with Crippen LogP contribution in [0.3, 0.4) is 0 Å².